The zero-order chi connectivity index (χ0) is 19.8. The Morgan fingerprint density at radius 1 is 1.00 bits per heavy atom. The number of carbonyl (C=O) groups is 4. The van der Waals surface area contributed by atoms with Crippen LogP contribution in [0.15, 0.2) is 29.6 Å². The minimum atomic E-state index is -0.443. The summed E-state index contributed by atoms with van der Waals surface area (Å²) in [7, 11) is 0. The molecular formula is C19H18N4O4S. The van der Waals surface area contributed by atoms with Crippen LogP contribution in [0.2, 0.25) is 0 Å². The van der Waals surface area contributed by atoms with Crippen LogP contribution in [0.25, 0.3) is 0 Å². The van der Waals surface area contributed by atoms with Crippen LogP contribution in [0.1, 0.15) is 36.2 Å². The van der Waals surface area contributed by atoms with E-state index >= 15 is 0 Å². The molecule has 3 heterocycles. The van der Waals surface area contributed by atoms with Crippen LogP contribution >= 0.6 is 11.3 Å². The molecule has 1 aromatic heterocycles. The van der Waals surface area contributed by atoms with E-state index in [0.717, 1.165) is 9.91 Å². The summed E-state index contributed by atoms with van der Waals surface area (Å²) in [5.41, 5.74) is 1.08. The molecule has 0 bridgehead atoms. The molecule has 0 unspecified atom stereocenters. The standard InChI is InChI=1S/C19H18N4O4S/c1-12-20-15(11-28-12)19(27)22-8-6-21(7-9-22)16(24)10-23-17(25)13-4-2-3-5-14(13)18(23)26/h2-5,11H,6-10H2,1H3. The summed E-state index contributed by atoms with van der Waals surface area (Å²) in [6, 6.07) is 6.56. The molecule has 144 valence electrons. The molecule has 0 aliphatic carbocycles. The highest BCUT2D eigenvalue weighted by molar-refractivity contribution is 7.09. The van der Waals surface area contributed by atoms with Gasteiger partial charge < -0.3 is 9.80 Å². The van der Waals surface area contributed by atoms with Crippen LogP contribution in [0.4, 0.5) is 0 Å². The second kappa shape index (κ2) is 7.16. The Hall–Kier alpha value is -3.07. The molecule has 0 spiro atoms. The van der Waals surface area contributed by atoms with E-state index in [9.17, 15) is 19.2 Å². The van der Waals surface area contributed by atoms with Crippen LogP contribution in [0.3, 0.4) is 0 Å². The van der Waals surface area contributed by atoms with Crippen molar-refractivity contribution in [2.24, 2.45) is 0 Å². The molecule has 1 aromatic carbocycles. The normalized spacial score (nSPS) is 16.5. The number of fused-ring (bicyclic) bond motifs is 1. The summed E-state index contributed by atoms with van der Waals surface area (Å²) in [4.78, 5) is 58.3. The van der Waals surface area contributed by atoms with Crippen molar-refractivity contribution in [3.8, 4) is 0 Å². The number of piperazine rings is 1. The van der Waals surface area contributed by atoms with Gasteiger partial charge in [0.05, 0.1) is 16.1 Å². The van der Waals surface area contributed by atoms with Gasteiger partial charge in [0.25, 0.3) is 17.7 Å². The van der Waals surface area contributed by atoms with E-state index in [1.54, 1.807) is 39.4 Å². The van der Waals surface area contributed by atoms with E-state index in [1.807, 2.05) is 6.92 Å². The highest BCUT2D eigenvalue weighted by Crippen LogP contribution is 2.22. The summed E-state index contributed by atoms with van der Waals surface area (Å²) in [5, 5.41) is 2.57. The number of rotatable bonds is 3. The van der Waals surface area contributed by atoms with Crippen LogP contribution in [-0.4, -0.2) is 76.0 Å². The molecule has 0 N–H and O–H groups in total. The number of aryl methyl sites for hydroxylation is 1. The highest BCUT2D eigenvalue weighted by atomic mass is 32.1. The van der Waals surface area contributed by atoms with Crippen LogP contribution in [0, 0.1) is 6.92 Å². The fourth-order valence-electron chi connectivity index (χ4n) is 3.40. The number of amides is 4. The minimum Gasteiger partial charge on any atom is -0.338 e. The Labute approximate surface area is 165 Å². The second-order valence-corrected chi connectivity index (χ2v) is 7.73. The zero-order valence-electron chi connectivity index (χ0n) is 15.3. The lowest BCUT2D eigenvalue weighted by Crippen LogP contribution is -2.53. The van der Waals surface area contributed by atoms with Crippen molar-refractivity contribution in [1.82, 2.24) is 19.7 Å². The topological polar surface area (TPSA) is 90.9 Å². The van der Waals surface area contributed by atoms with Crippen molar-refractivity contribution in [1.29, 1.82) is 0 Å². The van der Waals surface area contributed by atoms with Crippen molar-refractivity contribution >= 4 is 35.0 Å². The molecule has 28 heavy (non-hydrogen) atoms. The number of hydrogen-bond donors (Lipinski definition) is 0. The van der Waals surface area contributed by atoms with Crippen LogP contribution in [-0.2, 0) is 4.79 Å². The first-order valence-electron chi connectivity index (χ1n) is 8.90. The predicted octanol–water partition coefficient (Wildman–Crippen LogP) is 1.03. The zero-order valence-corrected chi connectivity index (χ0v) is 16.1. The molecule has 1 saturated heterocycles. The van der Waals surface area contributed by atoms with E-state index in [1.165, 1.54) is 11.3 Å². The van der Waals surface area contributed by atoms with Gasteiger partial charge in [-0.25, -0.2) is 4.98 Å². The Morgan fingerprint density at radius 2 is 1.57 bits per heavy atom. The first-order valence-corrected chi connectivity index (χ1v) is 9.78. The summed E-state index contributed by atoms with van der Waals surface area (Å²) < 4.78 is 0. The quantitative estimate of drug-likeness (QED) is 0.721. The summed E-state index contributed by atoms with van der Waals surface area (Å²) in [6.07, 6.45) is 0. The Morgan fingerprint density at radius 3 is 2.11 bits per heavy atom. The van der Waals surface area contributed by atoms with Gasteiger partial charge in [0.1, 0.15) is 12.2 Å². The second-order valence-electron chi connectivity index (χ2n) is 6.67. The van der Waals surface area contributed by atoms with Gasteiger partial charge in [0.15, 0.2) is 0 Å². The van der Waals surface area contributed by atoms with Gasteiger partial charge in [-0.3, -0.25) is 24.1 Å². The van der Waals surface area contributed by atoms with E-state index in [-0.39, 0.29) is 18.4 Å². The fourth-order valence-corrected chi connectivity index (χ4v) is 3.99. The van der Waals surface area contributed by atoms with Crippen LogP contribution in [0.5, 0.6) is 0 Å². The van der Waals surface area contributed by atoms with Crippen molar-refractivity contribution < 1.29 is 19.2 Å². The lowest BCUT2D eigenvalue weighted by atomic mass is 10.1. The first-order chi connectivity index (χ1) is 13.5. The molecule has 0 atom stereocenters. The Kier molecular flexibility index (Phi) is 4.68. The van der Waals surface area contributed by atoms with Crippen molar-refractivity contribution in [2.45, 2.75) is 6.92 Å². The number of carbonyl (C=O) groups excluding carboxylic acids is 4. The van der Waals surface area contributed by atoms with E-state index in [4.69, 9.17) is 0 Å². The third-order valence-electron chi connectivity index (χ3n) is 4.93. The number of benzene rings is 1. The molecule has 0 saturated carbocycles. The summed E-state index contributed by atoms with van der Waals surface area (Å²) in [5.74, 6) is -1.33. The van der Waals surface area contributed by atoms with E-state index < -0.39 is 11.8 Å². The largest absolute Gasteiger partial charge is 0.338 e. The summed E-state index contributed by atoms with van der Waals surface area (Å²) >= 11 is 1.42. The van der Waals surface area contributed by atoms with Crippen molar-refractivity contribution in [2.75, 3.05) is 32.7 Å². The van der Waals surface area contributed by atoms with Crippen molar-refractivity contribution in [3.63, 3.8) is 0 Å². The fraction of sp³-hybridized carbons (Fsp3) is 0.316. The molecule has 1 fully saturated rings. The van der Waals surface area contributed by atoms with Gasteiger partial charge in [-0.15, -0.1) is 11.3 Å². The van der Waals surface area contributed by atoms with Gasteiger partial charge in [-0.05, 0) is 19.1 Å². The molecule has 9 heteroatoms. The SMILES string of the molecule is Cc1nc(C(=O)N2CCN(C(=O)CN3C(=O)c4ccccc4C3=O)CC2)cs1. The van der Waals surface area contributed by atoms with Gasteiger partial charge in [-0.2, -0.15) is 0 Å². The van der Waals surface area contributed by atoms with Gasteiger partial charge in [0.2, 0.25) is 5.91 Å². The molecule has 0 radical (unpaired) electrons. The van der Waals surface area contributed by atoms with Gasteiger partial charge in [-0.1, -0.05) is 12.1 Å². The highest BCUT2D eigenvalue weighted by Gasteiger charge is 2.37. The molecule has 4 amide bonds. The molecule has 8 nitrogen and oxygen atoms in total. The maximum absolute atomic E-state index is 12.6. The number of thiazole rings is 1. The molecule has 4 rings (SSSR count). The number of hydrogen-bond acceptors (Lipinski definition) is 6. The third-order valence-corrected chi connectivity index (χ3v) is 5.70. The average Bonchev–Trinajstić information content (AvgIpc) is 3.25. The Balaban J connectivity index is 1.35. The van der Waals surface area contributed by atoms with E-state index in [0.29, 0.717) is 43.0 Å². The van der Waals surface area contributed by atoms with Crippen molar-refractivity contribution in [3.05, 3.63) is 51.5 Å². The number of aromatic nitrogens is 1. The van der Waals surface area contributed by atoms with Crippen LogP contribution < -0.4 is 0 Å². The lowest BCUT2D eigenvalue weighted by molar-refractivity contribution is -0.132. The lowest BCUT2D eigenvalue weighted by Gasteiger charge is -2.35. The maximum atomic E-state index is 12.6. The third kappa shape index (κ3) is 3.18. The smallest absolute Gasteiger partial charge is 0.273 e. The molecule has 2 aliphatic rings. The minimum absolute atomic E-state index is 0.142. The number of nitrogens with zero attached hydrogens (tertiary/aromatic N) is 4. The summed E-state index contributed by atoms with van der Waals surface area (Å²) in [6.45, 7) is 3.06. The monoisotopic (exact) mass is 398 g/mol. The van der Waals surface area contributed by atoms with E-state index in [2.05, 4.69) is 4.98 Å². The van der Waals surface area contributed by atoms with Gasteiger partial charge in [0, 0.05) is 31.6 Å². The Bertz CT molecular complexity index is 943. The van der Waals surface area contributed by atoms with Gasteiger partial charge >= 0.3 is 0 Å². The molecule has 2 aliphatic heterocycles. The first kappa shape index (κ1) is 18.3. The maximum Gasteiger partial charge on any atom is 0.273 e. The average molecular weight is 398 g/mol. The molecular weight excluding hydrogens is 380 g/mol. The predicted molar refractivity (Wildman–Crippen MR) is 101 cm³/mol. The molecule has 2 aromatic rings. The number of imide groups is 1.